The lowest BCUT2D eigenvalue weighted by Crippen LogP contribution is -2.48. The van der Waals surface area contributed by atoms with Crippen LogP contribution in [0.3, 0.4) is 0 Å². The molecule has 3 rings (SSSR count). The van der Waals surface area contributed by atoms with E-state index in [2.05, 4.69) is 14.9 Å². The summed E-state index contributed by atoms with van der Waals surface area (Å²) in [4.78, 5) is 12.2. The van der Waals surface area contributed by atoms with Crippen molar-refractivity contribution in [3.63, 3.8) is 0 Å². The Morgan fingerprint density at radius 1 is 1.30 bits per heavy atom. The zero-order valence-electron chi connectivity index (χ0n) is 14.9. The summed E-state index contributed by atoms with van der Waals surface area (Å²) >= 11 is 0. The number of halogens is 3. The Kier molecular flexibility index (Phi) is 5.49. The number of nitrogens with zero attached hydrogens (tertiary/aromatic N) is 5. The molecule has 1 saturated heterocycles. The molecule has 2 heterocycles. The Hall–Kier alpha value is -2.82. The van der Waals surface area contributed by atoms with E-state index < -0.39 is 11.7 Å². The SMILES string of the molecule is CCN(c1ccc(C#N)c(C(F)(F)F)c1)[C@@H]1CCCN(c2cncnc2)C1. The molecule has 142 valence electrons. The molecule has 1 aliphatic rings. The fourth-order valence-corrected chi connectivity index (χ4v) is 3.59. The van der Waals surface area contributed by atoms with Crippen LogP contribution in [0.15, 0.2) is 36.9 Å². The van der Waals surface area contributed by atoms with Gasteiger partial charge in [-0.15, -0.1) is 0 Å². The van der Waals surface area contributed by atoms with Crippen molar-refractivity contribution in [1.82, 2.24) is 9.97 Å². The van der Waals surface area contributed by atoms with Crippen LogP contribution in [-0.4, -0.2) is 35.6 Å². The van der Waals surface area contributed by atoms with Gasteiger partial charge < -0.3 is 9.80 Å². The molecule has 0 radical (unpaired) electrons. The van der Waals surface area contributed by atoms with Gasteiger partial charge >= 0.3 is 6.18 Å². The largest absolute Gasteiger partial charge is 0.417 e. The topological polar surface area (TPSA) is 56.1 Å². The second-order valence-electron chi connectivity index (χ2n) is 6.46. The number of aromatic nitrogens is 2. The highest BCUT2D eigenvalue weighted by molar-refractivity contribution is 5.56. The van der Waals surface area contributed by atoms with Crippen molar-refractivity contribution >= 4 is 11.4 Å². The molecule has 0 aliphatic carbocycles. The molecular weight excluding hydrogens is 355 g/mol. The Labute approximate surface area is 156 Å². The fourth-order valence-electron chi connectivity index (χ4n) is 3.59. The molecule has 0 saturated carbocycles. The predicted octanol–water partition coefficient (Wildman–Crippen LogP) is 3.86. The van der Waals surface area contributed by atoms with Crippen molar-refractivity contribution in [2.24, 2.45) is 0 Å². The molecule has 1 atom stereocenters. The first kappa shape index (κ1) is 19.0. The van der Waals surface area contributed by atoms with Crippen molar-refractivity contribution in [3.05, 3.63) is 48.0 Å². The van der Waals surface area contributed by atoms with Crippen LogP contribution in [0.5, 0.6) is 0 Å². The number of rotatable bonds is 4. The number of anilines is 2. The second-order valence-corrected chi connectivity index (χ2v) is 6.46. The highest BCUT2D eigenvalue weighted by Crippen LogP contribution is 2.35. The summed E-state index contributed by atoms with van der Waals surface area (Å²) < 4.78 is 39.9. The molecule has 0 amide bonds. The maximum absolute atomic E-state index is 13.3. The fraction of sp³-hybridized carbons (Fsp3) is 0.421. The maximum Gasteiger partial charge on any atom is 0.417 e. The number of nitriles is 1. The normalized spacial score (nSPS) is 17.4. The van der Waals surface area contributed by atoms with Crippen molar-refractivity contribution in [2.75, 3.05) is 29.4 Å². The lowest BCUT2D eigenvalue weighted by atomic mass is 10.0. The van der Waals surface area contributed by atoms with Crippen molar-refractivity contribution in [3.8, 4) is 6.07 Å². The first-order chi connectivity index (χ1) is 12.9. The van der Waals surface area contributed by atoms with Crippen LogP contribution in [0.4, 0.5) is 24.5 Å². The molecule has 0 spiro atoms. The third kappa shape index (κ3) is 4.13. The smallest absolute Gasteiger partial charge is 0.367 e. The van der Waals surface area contributed by atoms with Gasteiger partial charge in [-0.3, -0.25) is 0 Å². The predicted molar refractivity (Wildman–Crippen MR) is 96.4 cm³/mol. The Balaban J connectivity index is 1.87. The van der Waals surface area contributed by atoms with Gasteiger partial charge in [0.05, 0.1) is 35.3 Å². The highest BCUT2D eigenvalue weighted by Gasteiger charge is 2.35. The first-order valence-electron chi connectivity index (χ1n) is 8.82. The standard InChI is InChI=1S/C19H20F3N5/c1-2-27(15-6-5-14(9-23)18(8-15)19(20,21)22)16-4-3-7-26(12-16)17-10-24-13-25-11-17/h5-6,8,10-11,13,16H,2-4,7,12H2,1H3/t16-/m1/s1. The summed E-state index contributed by atoms with van der Waals surface area (Å²) in [6.45, 7) is 4.05. The van der Waals surface area contributed by atoms with Crippen LogP contribution in [0.2, 0.25) is 0 Å². The summed E-state index contributed by atoms with van der Waals surface area (Å²) in [7, 11) is 0. The average Bonchev–Trinajstić information content (AvgIpc) is 2.69. The minimum atomic E-state index is -4.56. The Morgan fingerprint density at radius 2 is 2.04 bits per heavy atom. The average molecular weight is 375 g/mol. The molecule has 1 aliphatic heterocycles. The molecule has 8 heteroatoms. The van der Waals surface area contributed by atoms with Crippen LogP contribution in [0.25, 0.3) is 0 Å². The molecular formula is C19H20F3N5. The number of likely N-dealkylation sites (N-methyl/N-ethyl adjacent to an activating group) is 1. The monoisotopic (exact) mass is 375 g/mol. The van der Waals surface area contributed by atoms with Gasteiger partial charge in [0.1, 0.15) is 6.33 Å². The van der Waals surface area contributed by atoms with Gasteiger partial charge in [-0.25, -0.2) is 9.97 Å². The summed E-state index contributed by atoms with van der Waals surface area (Å²) in [5.41, 5.74) is 0.160. The molecule has 1 fully saturated rings. The minimum Gasteiger partial charge on any atom is -0.367 e. The number of hydrogen-bond acceptors (Lipinski definition) is 5. The van der Waals surface area contributed by atoms with Crippen LogP contribution in [0.1, 0.15) is 30.9 Å². The van der Waals surface area contributed by atoms with Crippen LogP contribution >= 0.6 is 0 Å². The molecule has 2 aromatic rings. The third-order valence-electron chi connectivity index (χ3n) is 4.85. The third-order valence-corrected chi connectivity index (χ3v) is 4.85. The van der Waals surface area contributed by atoms with E-state index in [1.165, 1.54) is 12.4 Å². The van der Waals surface area contributed by atoms with Crippen LogP contribution < -0.4 is 9.80 Å². The van der Waals surface area contributed by atoms with E-state index in [-0.39, 0.29) is 11.6 Å². The summed E-state index contributed by atoms with van der Waals surface area (Å²) in [5, 5.41) is 9.00. The van der Waals surface area contributed by atoms with E-state index in [0.717, 1.165) is 31.1 Å². The zero-order chi connectivity index (χ0) is 19.4. The van der Waals surface area contributed by atoms with Gasteiger partial charge in [0.2, 0.25) is 0 Å². The van der Waals surface area contributed by atoms with Crippen molar-refractivity contribution < 1.29 is 13.2 Å². The molecule has 27 heavy (non-hydrogen) atoms. The van der Waals surface area contributed by atoms with E-state index in [0.29, 0.717) is 18.8 Å². The van der Waals surface area contributed by atoms with Gasteiger partial charge in [-0.2, -0.15) is 18.4 Å². The lowest BCUT2D eigenvalue weighted by molar-refractivity contribution is -0.137. The number of hydrogen-bond donors (Lipinski definition) is 0. The number of alkyl halides is 3. The number of piperidine rings is 1. The molecule has 1 aromatic carbocycles. The minimum absolute atomic E-state index is 0.0676. The van der Waals surface area contributed by atoms with Crippen molar-refractivity contribution in [2.45, 2.75) is 32.0 Å². The molecule has 5 nitrogen and oxygen atoms in total. The Morgan fingerprint density at radius 3 is 2.67 bits per heavy atom. The lowest BCUT2D eigenvalue weighted by Gasteiger charge is -2.41. The van der Waals surface area contributed by atoms with Gasteiger partial charge in [-0.05, 0) is 38.0 Å². The molecule has 1 aromatic heterocycles. The van der Waals surface area contributed by atoms with Gasteiger partial charge in [0.15, 0.2) is 0 Å². The summed E-state index contributed by atoms with van der Waals surface area (Å²) in [6.07, 6.45) is 2.22. The number of benzene rings is 1. The quantitative estimate of drug-likeness (QED) is 0.812. The molecule has 0 bridgehead atoms. The van der Waals surface area contributed by atoms with Gasteiger partial charge in [0.25, 0.3) is 0 Å². The molecule has 0 N–H and O–H groups in total. The molecule has 0 unspecified atom stereocenters. The van der Waals surface area contributed by atoms with Gasteiger partial charge in [0, 0.05) is 31.4 Å². The first-order valence-corrected chi connectivity index (χ1v) is 8.82. The van der Waals surface area contributed by atoms with E-state index in [1.807, 2.05) is 11.8 Å². The van der Waals surface area contributed by atoms with E-state index in [9.17, 15) is 13.2 Å². The Bertz CT molecular complexity index is 816. The van der Waals surface area contributed by atoms with Crippen LogP contribution in [-0.2, 0) is 6.18 Å². The van der Waals surface area contributed by atoms with Gasteiger partial charge in [-0.1, -0.05) is 0 Å². The zero-order valence-corrected chi connectivity index (χ0v) is 14.9. The van der Waals surface area contributed by atoms with E-state index in [4.69, 9.17) is 5.26 Å². The van der Waals surface area contributed by atoms with E-state index in [1.54, 1.807) is 24.5 Å². The van der Waals surface area contributed by atoms with E-state index >= 15 is 0 Å². The summed E-state index contributed by atoms with van der Waals surface area (Å²) in [6, 6.07) is 5.65. The highest BCUT2D eigenvalue weighted by atomic mass is 19.4. The summed E-state index contributed by atoms with van der Waals surface area (Å²) in [5.74, 6) is 0. The second kappa shape index (κ2) is 7.82. The van der Waals surface area contributed by atoms with Crippen molar-refractivity contribution in [1.29, 1.82) is 5.26 Å². The van der Waals surface area contributed by atoms with Crippen LogP contribution in [0, 0.1) is 11.3 Å². The maximum atomic E-state index is 13.3.